The van der Waals surface area contributed by atoms with E-state index in [0.717, 1.165) is 39.8 Å². The first-order valence-corrected chi connectivity index (χ1v) is 10.9. The number of para-hydroxylation sites is 1. The van der Waals surface area contributed by atoms with Crippen LogP contribution in [0, 0.1) is 27.7 Å². The van der Waals surface area contributed by atoms with Gasteiger partial charge in [0, 0.05) is 28.7 Å². The molecule has 0 bridgehead atoms. The molecule has 32 heavy (non-hydrogen) atoms. The first kappa shape index (κ1) is 21.6. The SMILES string of the molecule is Cc1ccc(CC(=O)N/N=C\c2c(C)n(Cc3ccccc3C)c3ccccc23)c(C)c1. The number of hydrazone groups is 1. The molecule has 0 atom stereocenters. The third kappa shape index (κ3) is 4.50. The monoisotopic (exact) mass is 423 g/mol. The average Bonchev–Trinajstić information content (AvgIpc) is 3.03. The van der Waals surface area contributed by atoms with Crippen molar-refractivity contribution in [3.05, 3.63) is 106 Å². The zero-order valence-electron chi connectivity index (χ0n) is 19.1. The minimum absolute atomic E-state index is 0.116. The van der Waals surface area contributed by atoms with Gasteiger partial charge in [-0.3, -0.25) is 4.79 Å². The van der Waals surface area contributed by atoms with E-state index in [1.54, 1.807) is 6.21 Å². The van der Waals surface area contributed by atoms with E-state index in [9.17, 15) is 4.79 Å². The van der Waals surface area contributed by atoms with E-state index in [1.165, 1.54) is 16.7 Å². The summed E-state index contributed by atoms with van der Waals surface area (Å²) >= 11 is 0. The fourth-order valence-corrected chi connectivity index (χ4v) is 4.21. The number of fused-ring (bicyclic) bond motifs is 1. The first-order valence-electron chi connectivity index (χ1n) is 10.9. The van der Waals surface area contributed by atoms with Crippen molar-refractivity contribution in [1.29, 1.82) is 0 Å². The summed E-state index contributed by atoms with van der Waals surface area (Å²) in [5.41, 5.74) is 11.9. The van der Waals surface area contributed by atoms with Crippen LogP contribution in [0.25, 0.3) is 10.9 Å². The lowest BCUT2D eigenvalue weighted by Crippen LogP contribution is -2.20. The Labute approximate surface area is 189 Å². The van der Waals surface area contributed by atoms with Gasteiger partial charge in [0.05, 0.1) is 12.6 Å². The molecular formula is C28H29N3O. The highest BCUT2D eigenvalue weighted by atomic mass is 16.2. The minimum Gasteiger partial charge on any atom is -0.340 e. The summed E-state index contributed by atoms with van der Waals surface area (Å²) in [6, 6.07) is 22.9. The molecule has 0 spiro atoms. The van der Waals surface area contributed by atoms with Gasteiger partial charge in [0.1, 0.15) is 0 Å². The second-order valence-corrected chi connectivity index (χ2v) is 8.43. The molecule has 0 aliphatic carbocycles. The van der Waals surface area contributed by atoms with Crippen LogP contribution in [0.1, 0.15) is 39.1 Å². The van der Waals surface area contributed by atoms with Gasteiger partial charge in [-0.25, -0.2) is 5.43 Å². The molecule has 1 N–H and O–H groups in total. The molecule has 4 aromatic rings. The highest BCUT2D eigenvalue weighted by Gasteiger charge is 2.13. The van der Waals surface area contributed by atoms with Crippen LogP contribution < -0.4 is 5.43 Å². The molecule has 0 aliphatic heterocycles. The van der Waals surface area contributed by atoms with Crippen LogP contribution in [0.4, 0.5) is 0 Å². The molecule has 0 fully saturated rings. The van der Waals surface area contributed by atoms with Crippen LogP contribution in [0.5, 0.6) is 0 Å². The molecule has 0 aliphatic rings. The maximum atomic E-state index is 12.4. The number of hydrogen-bond acceptors (Lipinski definition) is 2. The fourth-order valence-electron chi connectivity index (χ4n) is 4.21. The van der Waals surface area contributed by atoms with Gasteiger partial charge in [-0.05, 0) is 56.0 Å². The van der Waals surface area contributed by atoms with Crippen molar-refractivity contribution in [2.45, 2.75) is 40.7 Å². The molecule has 4 heteroatoms. The zero-order chi connectivity index (χ0) is 22.7. The van der Waals surface area contributed by atoms with E-state index in [4.69, 9.17) is 0 Å². The van der Waals surface area contributed by atoms with Crippen molar-refractivity contribution < 1.29 is 4.79 Å². The van der Waals surface area contributed by atoms with Crippen LogP contribution >= 0.6 is 0 Å². The van der Waals surface area contributed by atoms with Gasteiger partial charge >= 0.3 is 0 Å². The summed E-state index contributed by atoms with van der Waals surface area (Å²) in [5.74, 6) is -0.116. The molecule has 0 saturated carbocycles. The van der Waals surface area contributed by atoms with Crippen molar-refractivity contribution in [3.8, 4) is 0 Å². The Morgan fingerprint density at radius 2 is 1.66 bits per heavy atom. The van der Waals surface area contributed by atoms with Crippen molar-refractivity contribution in [2.75, 3.05) is 0 Å². The second kappa shape index (κ2) is 9.23. The normalized spacial score (nSPS) is 11.4. The van der Waals surface area contributed by atoms with Gasteiger partial charge in [0.15, 0.2) is 0 Å². The standard InChI is InChI=1S/C28H29N3O/c1-19-13-14-23(21(3)15-19)16-28(32)30-29-17-26-22(4)31(27-12-8-7-11-25(26)27)18-24-10-6-5-9-20(24)2/h5-15,17H,16,18H2,1-4H3,(H,30,32)/b29-17-. The van der Waals surface area contributed by atoms with Gasteiger partial charge < -0.3 is 4.57 Å². The largest absolute Gasteiger partial charge is 0.340 e. The topological polar surface area (TPSA) is 46.4 Å². The fraction of sp³-hybridized carbons (Fsp3) is 0.214. The Hall–Kier alpha value is -3.66. The predicted molar refractivity (Wildman–Crippen MR) is 132 cm³/mol. The van der Waals surface area contributed by atoms with Gasteiger partial charge in [-0.1, -0.05) is 66.2 Å². The number of aryl methyl sites for hydroxylation is 3. The second-order valence-electron chi connectivity index (χ2n) is 8.43. The molecule has 4 nitrogen and oxygen atoms in total. The third-order valence-corrected chi connectivity index (χ3v) is 6.10. The summed E-state index contributed by atoms with van der Waals surface area (Å²) in [4.78, 5) is 12.4. The smallest absolute Gasteiger partial charge is 0.244 e. The van der Waals surface area contributed by atoms with Crippen molar-refractivity contribution in [2.24, 2.45) is 5.10 Å². The number of aromatic nitrogens is 1. The molecule has 162 valence electrons. The van der Waals surface area contributed by atoms with E-state index < -0.39 is 0 Å². The van der Waals surface area contributed by atoms with Gasteiger partial charge in [-0.15, -0.1) is 0 Å². The van der Waals surface area contributed by atoms with Gasteiger partial charge in [0.2, 0.25) is 5.91 Å². The summed E-state index contributed by atoms with van der Waals surface area (Å²) < 4.78 is 2.32. The summed E-state index contributed by atoms with van der Waals surface area (Å²) in [6.07, 6.45) is 2.09. The number of nitrogens with zero attached hydrogens (tertiary/aromatic N) is 2. The van der Waals surface area contributed by atoms with Crippen LogP contribution in [0.3, 0.4) is 0 Å². The Morgan fingerprint density at radius 3 is 2.44 bits per heavy atom. The molecule has 0 radical (unpaired) electrons. The number of rotatable bonds is 6. The van der Waals surface area contributed by atoms with Crippen LogP contribution in [-0.4, -0.2) is 16.7 Å². The van der Waals surface area contributed by atoms with Gasteiger partial charge in [0.25, 0.3) is 0 Å². The minimum atomic E-state index is -0.116. The number of amides is 1. The highest BCUT2D eigenvalue weighted by Crippen LogP contribution is 2.26. The Balaban J connectivity index is 1.56. The molecule has 4 rings (SSSR count). The summed E-state index contributed by atoms with van der Waals surface area (Å²) in [5, 5.41) is 5.43. The number of nitrogens with one attached hydrogen (secondary N) is 1. The zero-order valence-corrected chi connectivity index (χ0v) is 19.1. The van der Waals surface area contributed by atoms with Crippen molar-refractivity contribution in [1.82, 2.24) is 9.99 Å². The average molecular weight is 424 g/mol. The number of carbonyl (C=O) groups excluding carboxylic acids is 1. The lowest BCUT2D eigenvalue weighted by Gasteiger charge is -2.11. The number of benzene rings is 3. The van der Waals surface area contributed by atoms with E-state index in [0.29, 0.717) is 6.42 Å². The number of carbonyl (C=O) groups is 1. The first-order chi connectivity index (χ1) is 15.4. The van der Waals surface area contributed by atoms with E-state index in [1.807, 2.05) is 25.1 Å². The predicted octanol–water partition coefficient (Wildman–Crippen LogP) is 5.62. The van der Waals surface area contributed by atoms with Crippen LogP contribution in [-0.2, 0) is 17.8 Å². The van der Waals surface area contributed by atoms with E-state index in [2.05, 4.69) is 84.4 Å². The number of hydrogen-bond donors (Lipinski definition) is 1. The lowest BCUT2D eigenvalue weighted by atomic mass is 10.0. The third-order valence-electron chi connectivity index (χ3n) is 6.10. The Bertz CT molecular complexity index is 1310. The molecule has 1 aromatic heterocycles. The quantitative estimate of drug-likeness (QED) is 0.318. The summed E-state index contributed by atoms with van der Waals surface area (Å²) in [7, 11) is 0. The molecule has 1 amide bonds. The van der Waals surface area contributed by atoms with Crippen LogP contribution in [0.15, 0.2) is 71.8 Å². The van der Waals surface area contributed by atoms with Crippen molar-refractivity contribution >= 4 is 23.0 Å². The molecule has 1 heterocycles. The Kier molecular flexibility index (Phi) is 6.22. The van der Waals surface area contributed by atoms with E-state index >= 15 is 0 Å². The maximum Gasteiger partial charge on any atom is 0.244 e. The molecule has 0 saturated heterocycles. The lowest BCUT2D eigenvalue weighted by molar-refractivity contribution is -0.120. The summed E-state index contributed by atoms with van der Waals surface area (Å²) in [6.45, 7) is 9.14. The molecule has 3 aromatic carbocycles. The molecular weight excluding hydrogens is 394 g/mol. The molecule has 0 unspecified atom stereocenters. The van der Waals surface area contributed by atoms with E-state index in [-0.39, 0.29) is 5.91 Å². The Morgan fingerprint density at radius 1 is 0.906 bits per heavy atom. The maximum absolute atomic E-state index is 12.4. The van der Waals surface area contributed by atoms with Crippen molar-refractivity contribution in [3.63, 3.8) is 0 Å². The highest BCUT2D eigenvalue weighted by molar-refractivity contribution is 6.01. The van der Waals surface area contributed by atoms with Crippen LogP contribution in [0.2, 0.25) is 0 Å². The van der Waals surface area contributed by atoms with Gasteiger partial charge in [-0.2, -0.15) is 5.10 Å².